The lowest BCUT2D eigenvalue weighted by atomic mass is 10.1. The second-order valence-corrected chi connectivity index (χ2v) is 4.48. The van der Waals surface area contributed by atoms with Gasteiger partial charge in [0.1, 0.15) is 11.6 Å². The summed E-state index contributed by atoms with van der Waals surface area (Å²) in [6, 6.07) is 13.7. The summed E-state index contributed by atoms with van der Waals surface area (Å²) in [6.07, 6.45) is 0.762. The van der Waals surface area contributed by atoms with Crippen molar-refractivity contribution in [3.8, 4) is 5.75 Å². The summed E-state index contributed by atoms with van der Waals surface area (Å²) in [5.74, 6) is 1.80. The zero-order chi connectivity index (χ0) is 13.2. The molecule has 3 N–H and O–H groups in total. The Kier molecular flexibility index (Phi) is 2.83. The van der Waals surface area contributed by atoms with Crippen molar-refractivity contribution in [1.82, 2.24) is 9.97 Å². The van der Waals surface area contributed by atoms with Crippen LogP contribution in [0.1, 0.15) is 11.4 Å². The fraction of sp³-hybridized carbons (Fsp3) is 0.133. The number of H-pyrrole nitrogens is 1. The first-order valence-electron chi connectivity index (χ1n) is 6.11. The van der Waals surface area contributed by atoms with Gasteiger partial charge in [-0.25, -0.2) is 4.98 Å². The maximum Gasteiger partial charge on any atom is 0.118 e. The van der Waals surface area contributed by atoms with E-state index in [4.69, 9.17) is 10.5 Å². The molecule has 0 radical (unpaired) electrons. The fourth-order valence-corrected chi connectivity index (χ4v) is 2.10. The van der Waals surface area contributed by atoms with Crippen LogP contribution in [0.25, 0.3) is 11.0 Å². The van der Waals surface area contributed by atoms with Crippen LogP contribution >= 0.6 is 0 Å². The number of nitrogen functional groups attached to an aromatic ring is 1. The van der Waals surface area contributed by atoms with Crippen molar-refractivity contribution < 1.29 is 4.74 Å². The van der Waals surface area contributed by atoms with E-state index in [1.54, 1.807) is 7.11 Å². The maximum atomic E-state index is 5.75. The molecule has 3 rings (SSSR count). The van der Waals surface area contributed by atoms with Gasteiger partial charge < -0.3 is 15.5 Å². The normalized spacial score (nSPS) is 10.8. The number of hydrogen-bond acceptors (Lipinski definition) is 3. The molecule has 0 aliphatic rings. The van der Waals surface area contributed by atoms with Gasteiger partial charge >= 0.3 is 0 Å². The average Bonchev–Trinajstić information content (AvgIpc) is 2.81. The van der Waals surface area contributed by atoms with Gasteiger partial charge in [0.05, 0.1) is 18.1 Å². The number of imidazole rings is 1. The van der Waals surface area contributed by atoms with Gasteiger partial charge in [0.15, 0.2) is 0 Å². The Labute approximate surface area is 111 Å². The molecule has 19 heavy (non-hydrogen) atoms. The molecule has 0 aliphatic heterocycles. The Morgan fingerprint density at radius 2 is 1.95 bits per heavy atom. The van der Waals surface area contributed by atoms with Crippen LogP contribution in [0.3, 0.4) is 0 Å². The summed E-state index contributed by atoms with van der Waals surface area (Å²) in [5, 5.41) is 0. The molecule has 3 aromatic rings. The van der Waals surface area contributed by atoms with Crippen molar-refractivity contribution in [3.63, 3.8) is 0 Å². The van der Waals surface area contributed by atoms with Crippen molar-refractivity contribution in [3.05, 3.63) is 53.9 Å². The van der Waals surface area contributed by atoms with Gasteiger partial charge in [-0.05, 0) is 35.9 Å². The molecule has 0 atom stereocenters. The number of nitrogens with zero attached hydrogens (tertiary/aromatic N) is 1. The Bertz CT molecular complexity index is 701. The molecule has 2 aromatic carbocycles. The smallest absolute Gasteiger partial charge is 0.118 e. The predicted octanol–water partition coefficient (Wildman–Crippen LogP) is 2.74. The monoisotopic (exact) mass is 253 g/mol. The molecule has 0 bridgehead atoms. The second kappa shape index (κ2) is 4.65. The topological polar surface area (TPSA) is 63.9 Å². The molecule has 0 aliphatic carbocycles. The van der Waals surface area contributed by atoms with Crippen molar-refractivity contribution in [2.75, 3.05) is 12.8 Å². The van der Waals surface area contributed by atoms with Crippen LogP contribution in [0, 0.1) is 0 Å². The number of fused-ring (bicyclic) bond motifs is 1. The summed E-state index contributed by atoms with van der Waals surface area (Å²) in [5.41, 5.74) is 9.59. The third-order valence-electron chi connectivity index (χ3n) is 3.09. The van der Waals surface area contributed by atoms with E-state index >= 15 is 0 Å². The van der Waals surface area contributed by atoms with Crippen molar-refractivity contribution in [2.24, 2.45) is 0 Å². The molecule has 96 valence electrons. The molecule has 0 fully saturated rings. The van der Waals surface area contributed by atoms with Crippen molar-refractivity contribution in [1.29, 1.82) is 0 Å². The minimum atomic E-state index is 0.731. The minimum Gasteiger partial charge on any atom is -0.497 e. The number of nitrogens with one attached hydrogen (secondary N) is 1. The van der Waals surface area contributed by atoms with E-state index in [1.807, 2.05) is 42.5 Å². The molecule has 4 heteroatoms. The van der Waals surface area contributed by atoms with Crippen LogP contribution in [-0.2, 0) is 6.42 Å². The van der Waals surface area contributed by atoms with Crippen LogP contribution in [0.2, 0.25) is 0 Å². The standard InChI is InChI=1S/C15H15N3O/c1-19-12-5-2-10(3-6-12)8-15-17-13-7-4-11(16)9-14(13)18-15/h2-7,9H,8,16H2,1H3,(H,17,18). The lowest BCUT2D eigenvalue weighted by Gasteiger charge is -2.01. The third-order valence-corrected chi connectivity index (χ3v) is 3.09. The lowest BCUT2D eigenvalue weighted by molar-refractivity contribution is 0.414. The predicted molar refractivity (Wildman–Crippen MR) is 76.3 cm³/mol. The summed E-state index contributed by atoms with van der Waals surface area (Å²) in [7, 11) is 1.67. The number of nitrogens with two attached hydrogens (primary N) is 1. The van der Waals surface area contributed by atoms with E-state index in [2.05, 4.69) is 9.97 Å². The highest BCUT2D eigenvalue weighted by molar-refractivity contribution is 5.78. The number of rotatable bonds is 3. The first-order valence-corrected chi connectivity index (χ1v) is 6.11. The highest BCUT2D eigenvalue weighted by Crippen LogP contribution is 2.18. The molecule has 4 nitrogen and oxygen atoms in total. The van der Waals surface area contributed by atoms with Crippen LogP contribution in [0.5, 0.6) is 5.75 Å². The van der Waals surface area contributed by atoms with Crippen LogP contribution in [-0.4, -0.2) is 17.1 Å². The first-order chi connectivity index (χ1) is 9.24. The zero-order valence-corrected chi connectivity index (χ0v) is 10.7. The number of ether oxygens (including phenoxy) is 1. The molecule has 1 heterocycles. The molecule has 0 unspecified atom stereocenters. The van der Waals surface area contributed by atoms with Gasteiger partial charge in [-0.3, -0.25) is 0 Å². The maximum absolute atomic E-state index is 5.75. The Balaban J connectivity index is 1.87. The molecule has 0 spiro atoms. The first kappa shape index (κ1) is 11.6. The van der Waals surface area contributed by atoms with Gasteiger partial charge in [0, 0.05) is 12.1 Å². The summed E-state index contributed by atoms with van der Waals surface area (Å²) in [6.45, 7) is 0. The Hall–Kier alpha value is -2.49. The summed E-state index contributed by atoms with van der Waals surface area (Å²) in [4.78, 5) is 7.85. The summed E-state index contributed by atoms with van der Waals surface area (Å²) < 4.78 is 5.14. The third kappa shape index (κ3) is 2.38. The molecule has 0 amide bonds. The van der Waals surface area contributed by atoms with Crippen LogP contribution < -0.4 is 10.5 Å². The largest absolute Gasteiger partial charge is 0.497 e. The average molecular weight is 253 g/mol. The van der Waals surface area contributed by atoms with Gasteiger partial charge in [0.25, 0.3) is 0 Å². The molecule has 0 saturated heterocycles. The SMILES string of the molecule is COc1ccc(Cc2nc3cc(N)ccc3[nH]2)cc1. The van der Waals surface area contributed by atoms with E-state index in [1.165, 1.54) is 5.56 Å². The van der Waals surface area contributed by atoms with Crippen LogP contribution in [0.4, 0.5) is 5.69 Å². The van der Waals surface area contributed by atoms with E-state index in [0.717, 1.165) is 34.7 Å². The van der Waals surface area contributed by atoms with E-state index in [9.17, 15) is 0 Å². The number of hydrogen-bond donors (Lipinski definition) is 2. The van der Waals surface area contributed by atoms with Gasteiger partial charge in [-0.1, -0.05) is 12.1 Å². The lowest BCUT2D eigenvalue weighted by Crippen LogP contribution is -1.91. The molecule has 0 saturated carbocycles. The fourth-order valence-electron chi connectivity index (χ4n) is 2.10. The van der Waals surface area contributed by atoms with Crippen LogP contribution in [0.15, 0.2) is 42.5 Å². The van der Waals surface area contributed by atoms with Crippen molar-refractivity contribution in [2.45, 2.75) is 6.42 Å². The van der Waals surface area contributed by atoms with E-state index in [0.29, 0.717) is 0 Å². The number of methoxy groups -OCH3 is 1. The number of anilines is 1. The Morgan fingerprint density at radius 3 is 2.68 bits per heavy atom. The zero-order valence-electron chi connectivity index (χ0n) is 10.7. The van der Waals surface area contributed by atoms with Gasteiger partial charge in [-0.2, -0.15) is 0 Å². The Morgan fingerprint density at radius 1 is 1.16 bits per heavy atom. The number of benzene rings is 2. The van der Waals surface area contributed by atoms with Crippen molar-refractivity contribution >= 4 is 16.7 Å². The highest BCUT2D eigenvalue weighted by atomic mass is 16.5. The molecular weight excluding hydrogens is 238 g/mol. The second-order valence-electron chi connectivity index (χ2n) is 4.48. The quantitative estimate of drug-likeness (QED) is 0.705. The minimum absolute atomic E-state index is 0.731. The van der Waals surface area contributed by atoms with Gasteiger partial charge in [0.2, 0.25) is 0 Å². The number of aromatic nitrogens is 2. The highest BCUT2D eigenvalue weighted by Gasteiger charge is 2.04. The number of aromatic amines is 1. The van der Waals surface area contributed by atoms with E-state index < -0.39 is 0 Å². The summed E-state index contributed by atoms with van der Waals surface area (Å²) >= 11 is 0. The van der Waals surface area contributed by atoms with Gasteiger partial charge in [-0.15, -0.1) is 0 Å². The molecular formula is C15H15N3O. The molecule has 1 aromatic heterocycles. The van der Waals surface area contributed by atoms with E-state index in [-0.39, 0.29) is 0 Å².